The van der Waals surface area contributed by atoms with Gasteiger partial charge in [-0.15, -0.1) is 0 Å². The molecule has 0 radical (unpaired) electrons. The largest absolute Gasteiger partial charge is 0.494 e. The summed E-state index contributed by atoms with van der Waals surface area (Å²) in [5.74, 6) is 0.485. The van der Waals surface area contributed by atoms with E-state index in [1.807, 2.05) is 35.2 Å². The van der Waals surface area contributed by atoms with Gasteiger partial charge in [0.15, 0.2) is 17.3 Å². The molecule has 0 N–H and O–H groups in total. The molecule has 2 aromatic carbocycles. The second-order valence-electron chi connectivity index (χ2n) is 8.51. The number of benzene rings is 2. The Morgan fingerprint density at radius 1 is 1.15 bits per heavy atom. The summed E-state index contributed by atoms with van der Waals surface area (Å²) in [6.07, 6.45) is 4.37. The third-order valence-electron chi connectivity index (χ3n) is 6.43. The Morgan fingerprint density at radius 3 is 2.73 bits per heavy atom. The number of amides is 1. The van der Waals surface area contributed by atoms with Crippen LogP contribution in [0.2, 0.25) is 0 Å². The van der Waals surface area contributed by atoms with Crippen LogP contribution in [0, 0.1) is 5.82 Å². The highest BCUT2D eigenvalue weighted by molar-refractivity contribution is 5.92. The molecule has 3 aromatic rings. The molecule has 0 bridgehead atoms. The summed E-state index contributed by atoms with van der Waals surface area (Å²) in [4.78, 5) is 18.8. The fraction of sp³-hybridized carbons (Fsp3) is 0.385. The Kier molecular flexibility index (Phi) is 6.13. The fourth-order valence-electron chi connectivity index (χ4n) is 4.67. The molecule has 2 fully saturated rings. The van der Waals surface area contributed by atoms with Crippen LogP contribution in [0.4, 0.5) is 4.39 Å². The van der Waals surface area contributed by atoms with Gasteiger partial charge in [-0.2, -0.15) is 0 Å². The van der Waals surface area contributed by atoms with Crippen LogP contribution in [0.15, 0.2) is 48.7 Å². The number of fused-ring (bicyclic) bond motifs is 1. The first-order valence-corrected chi connectivity index (χ1v) is 11.4. The fourth-order valence-corrected chi connectivity index (χ4v) is 4.67. The molecule has 2 aliphatic rings. The number of carbonyl (C=O) groups excluding carboxylic acids is 1. The molecule has 33 heavy (non-hydrogen) atoms. The maximum absolute atomic E-state index is 15.0. The Morgan fingerprint density at radius 2 is 2.00 bits per heavy atom. The second-order valence-corrected chi connectivity index (χ2v) is 8.51. The number of pyridine rings is 1. The molecule has 2 saturated heterocycles. The first-order chi connectivity index (χ1) is 16.1. The van der Waals surface area contributed by atoms with Crippen molar-refractivity contribution >= 4 is 16.8 Å². The van der Waals surface area contributed by atoms with Crippen molar-refractivity contribution in [3.8, 4) is 22.6 Å². The van der Waals surface area contributed by atoms with E-state index in [2.05, 4.69) is 4.98 Å². The second kappa shape index (κ2) is 9.35. The number of hydrogen-bond donors (Lipinski definition) is 0. The van der Waals surface area contributed by atoms with Crippen LogP contribution in [0.25, 0.3) is 22.0 Å². The van der Waals surface area contributed by atoms with Crippen LogP contribution in [0.3, 0.4) is 0 Å². The van der Waals surface area contributed by atoms with Crippen LogP contribution < -0.4 is 9.47 Å². The smallest absolute Gasteiger partial charge is 0.251 e. The molecule has 172 valence electrons. The lowest BCUT2D eigenvalue weighted by molar-refractivity contribution is -0.142. The van der Waals surface area contributed by atoms with E-state index < -0.39 is 5.82 Å². The summed E-state index contributed by atoms with van der Waals surface area (Å²) in [7, 11) is 1.59. The molecule has 6 nitrogen and oxygen atoms in total. The third-order valence-corrected chi connectivity index (χ3v) is 6.43. The number of rotatable bonds is 5. The zero-order chi connectivity index (χ0) is 22.8. The highest BCUT2D eigenvalue weighted by atomic mass is 19.1. The van der Waals surface area contributed by atoms with Crippen LogP contribution in [-0.2, 0) is 9.53 Å². The first-order valence-electron chi connectivity index (χ1n) is 11.4. The molecule has 0 spiro atoms. The zero-order valence-corrected chi connectivity index (χ0v) is 18.6. The number of aromatic nitrogens is 1. The molecule has 1 unspecified atom stereocenters. The van der Waals surface area contributed by atoms with Gasteiger partial charge in [0, 0.05) is 49.7 Å². The standard InChI is InChI=1S/C26H27FN2O4/c1-31-25-20(8-6-17-4-2-12-28-24(17)25)18-7-9-22(21(27)16-18)33-19-10-13-29(14-11-19)26(30)23-5-3-15-32-23/h2,4,6-9,12,16,19,23H,3,5,10-11,13-15H2,1H3. The van der Waals surface area contributed by atoms with Gasteiger partial charge in [0.05, 0.1) is 7.11 Å². The van der Waals surface area contributed by atoms with Crippen molar-refractivity contribution in [1.82, 2.24) is 9.88 Å². The van der Waals surface area contributed by atoms with Crippen molar-refractivity contribution < 1.29 is 23.4 Å². The van der Waals surface area contributed by atoms with Gasteiger partial charge in [-0.1, -0.05) is 18.2 Å². The van der Waals surface area contributed by atoms with Gasteiger partial charge in [0.25, 0.3) is 5.91 Å². The molecule has 5 rings (SSSR count). The number of ether oxygens (including phenoxy) is 3. The Bertz CT molecular complexity index is 1150. The van der Waals surface area contributed by atoms with Crippen molar-refractivity contribution in [2.75, 3.05) is 26.8 Å². The van der Waals surface area contributed by atoms with Crippen molar-refractivity contribution in [3.05, 3.63) is 54.5 Å². The SMILES string of the molecule is COc1c(-c2ccc(OC3CCN(C(=O)C4CCCO4)CC3)c(F)c2)ccc2cccnc12. The number of nitrogens with zero attached hydrogens (tertiary/aromatic N) is 2. The summed E-state index contributed by atoms with van der Waals surface area (Å²) in [6, 6.07) is 12.7. The van der Waals surface area contributed by atoms with Gasteiger partial charge in [-0.25, -0.2) is 4.39 Å². The molecular formula is C26H27FN2O4. The number of carbonyl (C=O) groups is 1. The van der Waals surface area contributed by atoms with E-state index in [0.717, 1.165) is 29.3 Å². The average molecular weight is 451 g/mol. The van der Waals surface area contributed by atoms with E-state index in [-0.39, 0.29) is 23.9 Å². The zero-order valence-electron chi connectivity index (χ0n) is 18.6. The van der Waals surface area contributed by atoms with E-state index in [4.69, 9.17) is 14.2 Å². The molecule has 1 aromatic heterocycles. The van der Waals surface area contributed by atoms with Crippen molar-refractivity contribution in [2.24, 2.45) is 0 Å². The molecule has 1 atom stereocenters. The summed E-state index contributed by atoms with van der Waals surface area (Å²) in [6.45, 7) is 1.86. The Hall–Kier alpha value is -3.19. The van der Waals surface area contributed by atoms with Gasteiger partial charge < -0.3 is 19.1 Å². The van der Waals surface area contributed by atoms with E-state index in [9.17, 15) is 9.18 Å². The highest BCUT2D eigenvalue weighted by Gasteiger charge is 2.31. The minimum Gasteiger partial charge on any atom is -0.494 e. The van der Waals surface area contributed by atoms with Crippen molar-refractivity contribution in [2.45, 2.75) is 37.9 Å². The Labute approximate surface area is 192 Å². The van der Waals surface area contributed by atoms with Crippen LogP contribution in [-0.4, -0.2) is 54.8 Å². The number of halogens is 1. The van der Waals surface area contributed by atoms with E-state index >= 15 is 0 Å². The van der Waals surface area contributed by atoms with E-state index in [0.29, 0.717) is 43.9 Å². The first kappa shape index (κ1) is 21.6. The summed E-state index contributed by atoms with van der Waals surface area (Å²) >= 11 is 0. The predicted molar refractivity (Wildman–Crippen MR) is 123 cm³/mol. The molecular weight excluding hydrogens is 423 g/mol. The van der Waals surface area contributed by atoms with Crippen LogP contribution in [0.5, 0.6) is 11.5 Å². The molecule has 7 heteroatoms. The minimum atomic E-state index is -0.423. The van der Waals surface area contributed by atoms with Gasteiger partial charge in [-0.3, -0.25) is 9.78 Å². The van der Waals surface area contributed by atoms with Gasteiger partial charge in [0.1, 0.15) is 17.7 Å². The number of methoxy groups -OCH3 is 1. The lowest BCUT2D eigenvalue weighted by atomic mass is 10.0. The van der Waals surface area contributed by atoms with Crippen LogP contribution >= 0.6 is 0 Å². The molecule has 0 aliphatic carbocycles. The number of likely N-dealkylation sites (tertiary alicyclic amines) is 1. The van der Waals surface area contributed by atoms with E-state index in [1.165, 1.54) is 6.07 Å². The quantitative estimate of drug-likeness (QED) is 0.569. The number of hydrogen-bond acceptors (Lipinski definition) is 5. The summed E-state index contributed by atoms with van der Waals surface area (Å²) in [5, 5.41) is 0.961. The monoisotopic (exact) mass is 450 g/mol. The summed E-state index contributed by atoms with van der Waals surface area (Å²) < 4.78 is 32.1. The molecule has 3 heterocycles. The third kappa shape index (κ3) is 4.37. The van der Waals surface area contributed by atoms with Crippen molar-refractivity contribution in [3.63, 3.8) is 0 Å². The maximum Gasteiger partial charge on any atom is 0.251 e. The van der Waals surface area contributed by atoms with Crippen molar-refractivity contribution in [1.29, 1.82) is 0 Å². The minimum absolute atomic E-state index is 0.0697. The maximum atomic E-state index is 15.0. The molecule has 2 aliphatic heterocycles. The van der Waals surface area contributed by atoms with Gasteiger partial charge in [0.2, 0.25) is 0 Å². The summed E-state index contributed by atoms with van der Waals surface area (Å²) in [5.41, 5.74) is 2.21. The number of piperidine rings is 1. The Balaban J connectivity index is 1.27. The predicted octanol–water partition coefficient (Wildman–Crippen LogP) is 4.60. The lowest BCUT2D eigenvalue weighted by Gasteiger charge is -2.33. The molecule has 1 amide bonds. The van der Waals surface area contributed by atoms with Gasteiger partial charge >= 0.3 is 0 Å². The average Bonchev–Trinajstić information content (AvgIpc) is 3.39. The van der Waals surface area contributed by atoms with E-state index in [1.54, 1.807) is 19.4 Å². The lowest BCUT2D eigenvalue weighted by Crippen LogP contribution is -2.45. The highest BCUT2D eigenvalue weighted by Crippen LogP contribution is 2.37. The van der Waals surface area contributed by atoms with Gasteiger partial charge in [-0.05, 0) is 42.7 Å². The molecule has 0 saturated carbocycles. The normalized spacial score (nSPS) is 19.1. The topological polar surface area (TPSA) is 60.9 Å². The van der Waals surface area contributed by atoms with Crippen LogP contribution in [0.1, 0.15) is 25.7 Å².